The van der Waals surface area contributed by atoms with E-state index in [9.17, 15) is 9.59 Å². The summed E-state index contributed by atoms with van der Waals surface area (Å²) in [7, 11) is 0. The Balaban J connectivity index is 1.18. The minimum Gasteiger partial charge on any atom is -0.457 e. The standard InChI is InChI=1S/C70H54Cl2N8O10/c1-33(2)63(65(81)77-41-17-5-35(71)6-18-41)79-67(83)47-29-51(87-43-21-9-37(73)10-22-43)57-59-53(89-45-25-13-39(75)14-26-45)31-49-56-50(70(86)80(69(49)85)64(34(3)4)66(82)78-42-19-7-36(72)8-20-42)32-54(90-46-27-15-40(76)16-28-46)60(62(56)59)58-52(88-44-23-11-38(74)12-24-44)30-48(68(79)84)55(47)61(57)58/h5-34,63-64H,73-76H2,1-4H3,(H,77,81)(H,78,82). The van der Waals surface area contributed by atoms with Gasteiger partial charge in [0.05, 0.1) is 22.3 Å². The van der Waals surface area contributed by atoms with E-state index in [-0.39, 0.29) is 111 Å². The highest BCUT2D eigenvalue weighted by atomic mass is 35.5. The fourth-order valence-electron chi connectivity index (χ4n) is 12.0. The Hall–Kier alpha value is -11.1. The second kappa shape index (κ2) is 22.6. The van der Waals surface area contributed by atoms with E-state index in [4.69, 9.17) is 65.1 Å². The minimum absolute atomic E-state index is 0.0109. The molecule has 0 fully saturated rings. The highest BCUT2D eigenvalue weighted by molar-refractivity contribution is 6.45. The summed E-state index contributed by atoms with van der Waals surface area (Å²) in [5.41, 5.74) is 27.2. The third-order valence-electron chi connectivity index (χ3n) is 16.0. The molecule has 0 spiro atoms. The summed E-state index contributed by atoms with van der Waals surface area (Å²) in [6.45, 7) is 6.90. The van der Waals surface area contributed by atoms with Crippen molar-refractivity contribution in [2.45, 2.75) is 39.8 Å². The summed E-state index contributed by atoms with van der Waals surface area (Å²) in [4.78, 5) is 95.3. The Bertz CT molecular complexity index is 4270. The summed E-state index contributed by atoms with van der Waals surface area (Å²) in [5.74, 6) is -4.94. The molecule has 13 rings (SSSR count). The van der Waals surface area contributed by atoms with Crippen LogP contribution in [0.15, 0.2) is 170 Å². The maximum absolute atomic E-state index is 16.0. The smallest absolute Gasteiger partial charge is 0.262 e. The molecule has 6 amide bonds. The number of carbonyl (C=O) groups excluding carboxylic acids is 6. The Morgan fingerprint density at radius 2 is 0.589 bits per heavy atom. The molecule has 0 saturated heterocycles. The molecule has 2 heterocycles. The first-order valence-corrected chi connectivity index (χ1v) is 29.3. The van der Waals surface area contributed by atoms with E-state index in [2.05, 4.69) is 10.6 Å². The molecule has 2 aliphatic heterocycles. The predicted octanol–water partition coefficient (Wildman–Crippen LogP) is 15.1. The van der Waals surface area contributed by atoms with Crippen LogP contribution in [0.3, 0.4) is 0 Å². The van der Waals surface area contributed by atoms with Gasteiger partial charge < -0.3 is 52.5 Å². The zero-order valence-corrected chi connectivity index (χ0v) is 50.0. The molecule has 20 heteroatoms. The van der Waals surface area contributed by atoms with Gasteiger partial charge >= 0.3 is 0 Å². The largest absolute Gasteiger partial charge is 0.457 e. The molecule has 10 N–H and O–H groups in total. The van der Waals surface area contributed by atoms with Gasteiger partial charge in [0, 0.05) is 87.3 Å². The molecular weight excluding hydrogens is 1180 g/mol. The van der Waals surface area contributed by atoms with E-state index >= 15 is 19.2 Å². The number of benzene rings is 11. The first-order valence-electron chi connectivity index (χ1n) is 28.6. The monoisotopic (exact) mass is 1240 g/mol. The van der Waals surface area contributed by atoms with E-state index in [1.165, 1.54) is 24.3 Å². The lowest BCUT2D eigenvalue weighted by Gasteiger charge is -2.37. The zero-order valence-electron chi connectivity index (χ0n) is 48.5. The molecule has 11 aromatic rings. The normalized spacial score (nSPS) is 13.6. The lowest BCUT2D eigenvalue weighted by molar-refractivity contribution is -0.121. The summed E-state index contributed by atoms with van der Waals surface area (Å²) in [6, 6.07) is 42.1. The fraction of sp³-hybridized carbons (Fsp3) is 0.114. The molecule has 2 unspecified atom stereocenters. The van der Waals surface area contributed by atoms with Crippen LogP contribution >= 0.6 is 23.2 Å². The highest BCUT2D eigenvalue weighted by Gasteiger charge is 2.47. The van der Waals surface area contributed by atoms with Gasteiger partial charge in [0.25, 0.3) is 23.6 Å². The quantitative estimate of drug-likeness (QED) is 0.0227. The van der Waals surface area contributed by atoms with Gasteiger partial charge in [0.2, 0.25) is 11.8 Å². The van der Waals surface area contributed by atoms with Crippen molar-refractivity contribution in [2.75, 3.05) is 33.6 Å². The maximum atomic E-state index is 16.0. The van der Waals surface area contributed by atoms with E-state index in [0.29, 0.717) is 44.2 Å². The van der Waals surface area contributed by atoms with Crippen LogP contribution in [0.5, 0.6) is 46.0 Å². The van der Waals surface area contributed by atoms with Crippen LogP contribution in [-0.4, -0.2) is 57.3 Å². The number of amides is 6. The number of nitrogens with zero attached hydrogens (tertiary/aromatic N) is 2. The molecule has 0 saturated carbocycles. The molecule has 2 aliphatic rings. The number of carbonyl (C=O) groups is 6. The number of nitrogens with one attached hydrogen (secondary N) is 2. The zero-order chi connectivity index (χ0) is 63.1. The Kier molecular flexibility index (Phi) is 14.5. The summed E-state index contributed by atoms with van der Waals surface area (Å²) in [6.07, 6.45) is 0. The van der Waals surface area contributed by atoms with Gasteiger partial charge in [-0.3, -0.25) is 38.6 Å². The van der Waals surface area contributed by atoms with Crippen molar-refractivity contribution in [3.05, 3.63) is 202 Å². The molecule has 11 aromatic carbocycles. The van der Waals surface area contributed by atoms with Crippen LogP contribution < -0.4 is 52.5 Å². The van der Waals surface area contributed by atoms with Crippen molar-refractivity contribution >= 4 is 136 Å². The molecule has 90 heavy (non-hydrogen) atoms. The van der Waals surface area contributed by atoms with Crippen LogP contribution in [-0.2, 0) is 9.59 Å². The van der Waals surface area contributed by atoms with Gasteiger partial charge in [-0.2, -0.15) is 0 Å². The number of imide groups is 2. The fourth-order valence-corrected chi connectivity index (χ4v) is 12.2. The van der Waals surface area contributed by atoms with E-state index in [1.54, 1.807) is 173 Å². The average Bonchev–Trinajstić information content (AvgIpc) is 0.676. The number of hydrogen-bond donors (Lipinski definition) is 6. The van der Waals surface area contributed by atoms with Crippen molar-refractivity contribution in [3.63, 3.8) is 0 Å². The van der Waals surface area contributed by atoms with Gasteiger partial charge in [-0.15, -0.1) is 0 Å². The number of rotatable bonds is 16. The topological polar surface area (TPSA) is 274 Å². The molecule has 448 valence electrons. The van der Waals surface area contributed by atoms with Crippen molar-refractivity contribution in [1.29, 1.82) is 0 Å². The number of nitrogens with two attached hydrogens (primary N) is 4. The lowest BCUT2D eigenvalue weighted by atomic mass is 9.80. The first kappa shape index (κ1) is 58.0. The Morgan fingerprint density at radius 1 is 0.356 bits per heavy atom. The molecule has 0 aliphatic carbocycles. The van der Waals surface area contributed by atoms with Crippen molar-refractivity contribution in [3.8, 4) is 46.0 Å². The van der Waals surface area contributed by atoms with Crippen molar-refractivity contribution in [2.24, 2.45) is 11.8 Å². The highest BCUT2D eigenvalue weighted by Crippen LogP contribution is 2.58. The minimum atomic E-state index is -1.40. The molecule has 2 atom stereocenters. The molecular formula is C70H54Cl2N8O10. The summed E-state index contributed by atoms with van der Waals surface area (Å²) >= 11 is 12.4. The predicted molar refractivity (Wildman–Crippen MR) is 350 cm³/mol. The lowest BCUT2D eigenvalue weighted by Crippen LogP contribution is -2.54. The molecule has 0 aromatic heterocycles. The third-order valence-corrected chi connectivity index (χ3v) is 16.5. The maximum Gasteiger partial charge on any atom is 0.262 e. The van der Waals surface area contributed by atoms with Crippen LogP contribution in [0.1, 0.15) is 69.1 Å². The van der Waals surface area contributed by atoms with E-state index < -0.39 is 59.4 Å². The van der Waals surface area contributed by atoms with Gasteiger partial charge in [-0.05, 0) is 182 Å². The average molecular weight is 1240 g/mol. The Labute approximate surface area is 524 Å². The molecule has 0 radical (unpaired) electrons. The van der Waals surface area contributed by atoms with Gasteiger partial charge in [-0.25, -0.2) is 0 Å². The van der Waals surface area contributed by atoms with Gasteiger partial charge in [0.1, 0.15) is 58.1 Å². The van der Waals surface area contributed by atoms with E-state index in [1.807, 2.05) is 0 Å². The Morgan fingerprint density at radius 3 is 0.811 bits per heavy atom. The van der Waals surface area contributed by atoms with Crippen molar-refractivity contribution < 1.29 is 47.7 Å². The summed E-state index contributed by atoms with van der Waals surface area (Å²) < 4.78 is 28.1. The summed E-state index contributed by atoms with van der Waals surface area (Å²) in [5, 5.41) is 8.14. The van der Waals surface area contributed by atoms with Gasteiger partial charge in [0.15, 0.2) is 0 Å². The second-order valence-corrected chi connectivity index (χ2v) is 23.6. The van der Waals surface area contributed by atoms with Crippen LogP contribution in [0, 0.1) is 11.8 Å². The first-order chi connectivity index (χ1) is 43.2. The second-order valence-electron chi connectivity index (χ2n) is 22.7. The van der Waals surface area contributed by atoms with Crippen molar-refractivity contribution in [1.82, 2.24) is 9.80 Å². The SMILES string of the molecule is CC(C)C(C(=O)Nc1ccc(Cl)cc1)N1C(=O)c2cc(Oc3ccc(N)cc3)c3c4c(Oc5ccc(N)cc5)cc5c6c(cc(Oc7ccc(N)cc7)c(c7c(Oc8ccc(N)cc8)cc(c2c37)C1=O)c64)C(=O)N(C(C(=O)Nc1ccc(Cl)cc1)C(C)C)C5=O. The van der Waals surface area contributed by atoms with Crippen LogP contribution in [0.2, 0.25) is 10.0 Å². The van der Waals surface area contributed by atoms with Crippen LogP contribution in [0.25, 0.3) is 43.1 Å². The number of fused-ring (bicyclic) bond motifs is 2. The number of anilines is 6. The number of hydrogen-bond acceptors (Lipinski definition) is 14. The van der Waals surface area contributed by atoms with Gasteiger partial charge in [-0.1, -0.05) is 50.9 Å². The van der Waals surface area contributed by atoms with Crippen LogP contribution in [0.4, 0.5) is 34.1 Å². The number of halogens is 2. The number of nitrogen functional groups attached to an aromatic ring is 4. The third kappa shape index (κ3) is 10.2. The molecule has 0 bridgehead atoms. The number of ether oxygens (including phenoxy) is 4. The molecule has 18 nitrogen and oxygen atoms in total. The van der Waals surface area contributed by atoms with E-state index in [0.717, 1.165) is 9.80 Å².